The van der Waals surface area contributed by atoms with Gasteiger partial charge in [-0.15, -0.1) is 11.3 Å². The van der Waals surface area contributed by atoms with Gasteiger partial charge in [0.15, 0.2) is 0 Å². The fourth-order valence-electron chi connectivity index (χ4n) is 5.45. The number of thiophene rings is 1. The molecule has 6 nitrogen and oxygen atoms in total. The van der Waals surface area contributed by atoms with E-state index in [0.717, 1.165) is 68.2 Å². The van der Waals surface area contributed by atoms with E-state index in [1.807, 2.05) is 6.92 Å². The molecular weight excluding hydrogens is 390 g/mol. The molecular formula is C22H28NO5S-. The topological polar surface area (TPSA) is 95.5 Å². The maximum Gasteiger partial charge on any atom is 0.341 e. The van der Waals surface area contributed by atoms with Gasteiger partial charge in [-0.3, -0.25) is 4.79 Å². The summed E-state index contributed by atoms with van der Waals surface area (Å²) in [6, 6.07) is 0. The summed E-state index contributed by atoms with van der Waals surface area (Å²) in [4.78, 5) is 38.7. The molecule has 1 aromatic heterocycles. The van der Waals surface area contributed by atoms with Gasteiger partial charge in [0.25, 0.3) is 0 Å². The van der Waals surface area contributed by atoms with Gasteiger partial charge >= 0.3 is 5.97 Å². The van der Waals surface area contributed by atoms with Crippen LogP contribution in [0.3, 0.4) is 0 Å². The number of anilines is 1. The minimum atomic E-state index is -1.12. The smallest absolute Gasteiger partial charge is 0.341 e. The second-order valence-corrected chi connectivity index (χ2v) is 9.70. The number of hydrogen-bond acceptors (Lipinski definition) is 6. The summed E-state index contributed by atoms with van der Waals surface area (Å²) in [5.74, 6) is -2.94. The van der Waals surface area contributed by atoms with Crippen molar-refractivity contribution in [3.8, 4) is 0 Å². The molecule has 7 heteroatoms. The first-order valence-corrected chi connectivity index (χ1v) is 11.7. The zero-order chi connectivity index (χ0) is 20.5. The fraction of sp³-hybridized carbons (Fsp3) is 0.682. The highest BCUT2D eigenvalue weighted by molar-refractivity contribution is 7.17. The first kappa shape index (κ1) is 20.4. The first-order chi connectivity index (χ1) is 14.0. The molecule has 0 saturated heterocycles. The molecule has 0 aromatic carbocycles. The number of ether oxygens (including phenoxy) is 1. The summed E-state index contributed by atoms with van der Waals surface area (Å²) in [6.07, 6.45) is 8.08. The summed E-state index contributed by atoms with van der Waals surface area (Å²) in [6.45, 7) is 2.40. The Kier molecular flexibility index (Phi) is 5.95. The van der Waals surface area contributed by atoms with Gasteiger partial charge in [0, 0.05) is 22.7 Å². The van der Waals surface area contributed by atoms with Crippen LogP contribution in [0, 0.1) is 23.7 Å². The quantitative estimate of drug-likeness (QED) is 0.543. The van der Waals surface area contributed by atoms with Crippen LogP contribution >= 0.6 is 11.3 Å². The van der Waals surface area contributed by atoms with Crippen LogP contribution in [0.5, 0.6) is 0 Å². The second kappa shape index (κ2) is 8.46. The number of carboxylic acids is 1. The molecule has 29 heavy (non-hydrogen) atoms. The van der Waals surface area contributed by atoms with Crippen LogP contribution in [-0.4, -0.2) is 24.5 Å². The Morgan fingerprint density at radius 1 is 1.14 bits per heavy atom. The molecule has 3 aliphatic carbocycles. The van der Waals surface area contributed by atoms with Crippen LogP contribution in [0.2, 0.25) is 0 Å². The van der Waals surface area contributed by atoms with Gasteiger partial charge < -0.3 is 20.0 Å². The lowest BCUT2D eigenvalue weighted by molar-refractivity contribution is -0.314. The molecule has 2 bridgehead atoms. The number of rotatable bonds is 7. The molecule has 2 fully saturated rings. The monoisotopic (exact) mass is 418 g/mol. The zero-order valence-corrected chi connectivity index (χ0v) is 17.6. The van der Waals surface area contributed by atoms with Crippen molar-refractivity contribution in [1.29, 1.82) is 0 Å². The number of esters is 1. The van der Waals surface area contributed by atoms with Gasteiger partial charge in [0.05, 0.1) is 12.2 Å². The third-order valence-electron chi connectivity index (χ3n) is 6.83. The fourth-order valence-corrected chi connectivity index (χ4v) is 6.73. The van der Waals surface area contributed by atoms with Crippen molar-refractivity contribution < 1.29 is 24.2 Å². The van der Waals surface area contributed by atoms with Crippen LogP contribution in [0.4, 0.5) is 5.00 Å². The molecule has 0 radical (unpaired) electrons. The van der Waals surface area contributed by atoms with Gasteiger partial charge in [-0.2, -0.15) is 0 Å². The molecule has 1 aromatic rings. The number of unbranched alkanes of at least 4 members (excludes halogenated alkanes) is 1. The van der Waals surface area contributed by atoms with Gasteiger partial charge in [-0.25, -0.2) is 4.79 Å². The largest absolute Gasteiger partial charge is 0.550 e. The van der Waals surface area contributed by atoms with Crippen LogP contribution in [0.25, 0.3) is 0 Å². The Balaban J connectivity index is 1.58. The third-order valence-corrected chi connectivity index (χ3v) is 8.04. The van der Waals surface area contributed by atoms with Crippen LogP contribution < -0.4 is 10.4 Å². The number of carbonyl (C=O) groups excluding carboxylic acids is 3. The molecule has 4 rings (SSSR count). The number of carboxylic acid groups (broad SMARTS) is 1. The highest BCUT2D eigenvalue weighted by Gasteiger charge is 2.51. The molecule has 0 spiro atoms. The van der Waals surface area contributed by atoms with Crippen molar-refractivity contribution in [2.75, 3.05) is 11.9 Å². The molecule has 1 amide bonds. The maximum atomic E-state index is 13.1. The Hall–Kier alpha value is -1.89. The summed E-state index contributed by atoms with van der Waals surface area (Å²) in [5, 5.41) is 15.1. The SMILES string of the molecule is CCCCOC(=O)c1c(NC(=O)[C@@H]2[C@@H]3CC[C@@H](C3)[C@@H]2C(=O)[O-])sc2c1CCCC2. The Morgan fingerprint density at radius 3 is 2.59 bits per heavy atom. The highest BCUT2D eigenvalue weighted by Crippen LogP contribution is 2.52. The van der Waals surface area contributed by atoms with Crippen LogP contribution in [-0.2, 0) is 27.2 Å². The molecule has 158 valence electrons. The van der Waals surface area contributed by atoms with E-state index in [1.165, 1.54) is 11.3 Å². The predicted octanol–water partition coefficient (Wildman–Crippen LogP) is 2.93. The molecule has 2 saturated carbocycles. The lowest BCUT2D eigenvalue weighted by atomic mass is 9.78. The summed E-state index contributed by atoms with van der Waals surface area (Å²) < 4.78 is 5.46. The van der Waals surface area contributed by atoms with Crippen LogP contribution in [0.1, 0.15) is 72.7 Å². The third kappa shape index (κ3) is 3.81. The van der Waals surface area contributed by atoms with Crippen molar-refractivity contribution in [2.45, 2.75) is 64.7 Å². The first-order valence-electron chi connectivity index (χ1n) is 10.8. The molecule has 1 heterocycles. The minimum Gasteiger partial charge on any atom is -0.550 e. The molecule has 4 atom stereocenters. The number of hydrogen-bond donors (Lipinski definition) is 1. The minimum absolute atomic E-state index is 0.0378. The summed E-state index contributed by atoms with van der Waals surface area (Å²) in [5.41, 5.74) is 1.49. The average molecular weight is 419 g/mol. The number of carbonyl (C=O) groups is 3. The number of aryl methyl sites for hydroxylation is 1. The average Bonchev–Trinajstić information content (AvgIpc) is 3.40. The van der Waals surface area contributed by atoms with E-state index < -0.39 is 17.8 Å². The Bertz CT molecular complexity index is 816. The zero-order valence-electron chi connectivity index (χ0n) is 16.8. The highest BCUT2D eigenvalue weighted by atomic mass is 32.1. The number of nitrogens with one attached hydrogen (secondary N) is 1. The normalized spacial score (nSPS) is 27.5. The van der Waals surface area contributed by atoms with Gasteiger partial charge in [0.1, 0.15) is 5.00 Å². The Morgan fingerprint density at radius 2 is 1.86 bits per heavy atom. The molecule has 0 unspecified atom stereocenters. The van der Waals surface area contributed by atoms with Gasteiger partial charge in [-0.1, -0.05) is 13.3 Å². The van der Waals surface area contributed by atoms with E-state index in [0.29, 0.717) is 17.2 Å². The molecule has 1 N–H and O–H groups in total. The van der Waals surface area contributed by atoms with Crippen molar-refractivity contribution in [3.63, 3.8) is 0 Å². The van der Waals surface area contributed by atoms with Gasteiger partial charge in [-0.05, 0) is 68.8 Å². The maximum absolute atomic E-state index is 13.1. The predicted molar refractivity (Wildman–Crippen MR) is 108 cm³/mol. The lowest BCUT2D eigenvalue weighted by Gasteiger charge is -2.30. The van der Waals surface area contributed by atoms with Crippen molar-refractivity contribution >= 4 is 34.2 Å². The van der Waals surface area contributed by atoms with E-state index >= 15 is 0 Å². The van der Waals surface area contributed by atoms with E-state index in [-0.39, 0.29) is 23.7 Å². The van der Waals surface area contributed by atoms with Crippen molar-refractivity contribution in [2.24, 2.45) is 23.7 Å². The molecule has 0 aliphatic heterocycles. The lowest BCUT2D eigenvalue weighted by Crippen LogP contribution is -2.44. The summed E-state index contributed by atoms with van der Waals surface area (Å²) in [7, 11) is 0. The van der Waals surface area contributed by atoms with Gasteiger partial charge in [0.2, 0.25) is 5.91 Å². The number of fused-ring (bicyclic) bond motifs is 3. The van der Waals surface area contributed by atoms with Crippen molar-refractivity contribution in [1.82, 2.24) is 0 Å². The van der Waals surface area contributed by atoms with E-state index in [2.05, 4.69) is 5.32 Å². The van der Waals surface area contributed by atoms with E-state index in [9.17, 15) is 19.5 Å². The number of amides is 1. The summed E-state index contributed by atoms with van der Waals surface area (Å²) >= 11 is 1.45. The van der Waals surface area contributed by atoms with Crippen molar-refractivity contribution in [3.05, 3.63) is 16.0 Å². The molecule has 3 aliphatic rings. The Labute approximate surface area is 175 Å². The number of aliphatic carboxylic acids is 1. The van der Waals surface area contributed by atoms with E-state index in [1.54, 1.807) is 0 Å². The standard InChI is InChI=1S/C22H29NO5S/c1-2-3-10-28-22(27)18-14-6-4-5-7-15(14)29-20(18)23-19(24)16-12-8-9-13(11-12)17(16)21(25)26/h12-13,16-17H,2-11H2,1H3,(H,23,24)(H,25,26)/p-1/t12-,13+,16-,17+/m1/s1. The van der Waals surface area contributed by atoms with Crippen LogP contribution in [0.15, 0.2) is 0 Å². The van der Waals surface area contributed by atoms with E-state index in [4.69, 9.17) is 4.74 Å². The second-order valence-electron chi connectivity index (χ2n) is 8.60.